The van der Waals surface area contributed by atoms with Crippen molar-refractivity contribution in [1.29, 1.82) is 0 Å². The lowest BCUT2D eigenvalue weighted by Crippen LogP contribution is -2.49. The van der Waals surface area contributed by atoms with Crippen LogP contribution in [0.5, 0.6) is 0 Å². The first-order valence-corrected chi connectivity index (χ1v) is 10.6. The first-order chi connectivity index (χ1) is 13.9. The quantitative estimate of drug-likeness (QED) is 0.636. The summed E-state index contributed by atoms with van der Waals surface area (Å²) < 4.78 is 5.84. The van der Waals surface area contributed by atoms with Crippen LogP contribution in [0.4, 0.5) is 0 Å². The molecule has 29 heavy (non-hydrogen) atoms. The van der Waals surface area contributed by atoms with Gasteiger partial charge in [-0.1, -0.05) is 23.2 Å². The van der Waals surface area contributed by atoms with Crippen LogP contribution < -0.4 is 0 Å². The topological polar surface area (TPSA) is 66.1 Å². The zero-order chi connectivity index (χ0) is 20.5. The van der Waals surface area contributed by atoms with E-state index in [9.17, 15) is 9.59 Å². The highest BCUT2D eigenvalue weighted by molar-refractivity contribution is 8.18. The number of nitrogens with zero attached hydrogens (tertiary/aromatic N) is 3. The summed E-state index contributed by atoms with van der Waals surface area (Å²) in [6, 6.07) is 8.88. The number of piperazine rings is 1. The van der Waals surface area contributed by atoms with Crippen LogP contribution in [0, 0.1) is 0 Å². The highest BCUT2D eigenvalue weighted by Crippen LogP contribution is 2.33. The van der Waals surface area contributed by atoms with Gasteiger partial charge in [-0.3, -0.25) is 9.59 Å². The molecule has 1 aromatic heterocycles. The third-order valence-corrected chi connectivity index (χ3v) is 6.49. The van der Waals surface area contributed by atoms with Gasteiger partial charge in [0.05, 0.1) is 15.0 Å². The lowest BCUT2D eigenvalue weighted by Gasteiger charge is -2.34. The van der Waals surface area contributed by atoms with E-state index in [4.69, 9.17) is 27.6 Å². The number of amidine groups is 1. The molecule has 150 valence electrons. The molecule has 0 atom stereocenters. The molecule has 3 heterocycles. The predicted molar refractivity (Wildman–Crippen MR) is 116 cm³/mol. The SMILES string of the molecule is CC(=O)N1CCN(C2=NC(=O)/C(=C\c3ccc(-c4ccc(Cl)c(Cl)c4)o3)S2)CC1. The zero-order valence-corrected chi connectivity index (χ0v) is 17.9. The van der Waals surface area contributed by atoms with Gasteiger partial charge in [0.1, 0.15) is 11.5 Å². The van der Waals surface area contributed by atoms with Crippen molar-refractivity contribution in [2.45, 2.75) is 6.92 Å². The molecule has 2 aliphatic rings. The molecule has 6 nitrogen and oxygen atoms in total. The lowest BCUT2D eigenvalue weighted by molar-refractivity contribution is -0.130. The standard InChI is InChI=1S/C20H17Cl2N3O3S/c1-12(26)24-6-8-25(9-7-24)20-23-19(27)18(29-20)11-14-3-5-17(28-14)13-2-4-15(21)16(22)10-13/h2-5,10-11H,6-9H2,1H3/b18-11+. The number of hydrogen-bond donors (Lipinski definition) is 0. The van der Waals surface area contributed by atoms with Crippen LogP contribution in [0.25, 0.3) is 17.4 Å². The van der Waals surface area contributed by atoms with Gasteiger partial charge in [-0.05, 0) is 42.1 Å². The molecule has 1 fully saturated rings. The molecule has 2 aromatic rings. The fraction of sp³-hybridized carbons (Fsp3) is 0.250. The highest BCUT2D eigenvalue weighted by atomic mass is 35.5. The second-order valence-electron chi connectivity index (χ2n) is 6.63. The van der Waals surface area contributed by atoms with Crippen molar-refractivity contribution in [2.24, 2.45) is 4.99 Å². The van der Waals surface area contributed by atoms with Gasteiger partial charge in [0, 0.05) is 44.7 Å². The first-order valence-electron chi connectivity index (χ1n) is 8.99. The number of halogens is 2. The number of rotatable bonds is 2. The number of amides is 2. The average Bonchev–Trinajstić information content (AvgIpc) is 3.31. The van der Waals surface area contributed by atoms with E-state index in [0.29, 0.717) is 57.8 Å². The van der Waals surface area contributed by atoms with Gasteiger partial charge < -0.3 is 14.2 Å². The molecule has 0 aliphatic carbocycles. The van der Waals surface area contributed by atoms with Crippen molar-refractivity contribution < 1.29 is 14.0 Å². The molecule has 2 amide bonds. The molecule has 1 aromatic carbocycles. The Bertz CT molecular complexity index is 1040. The van der Waals surface area contributed by atoms with Crippen LogP contribution in [-0.4, -0.2) is 53.0 Å². The number of benzene rings is 1. The number of furan rings is 1. The van der Waals surface area contributed by atoms with Gasteiger partial charge in [-0.15, -0.1) is 0 Å². The fourth-order valence-corrected chi connectivity index (χ4v) is 4.35. The molecule has 0 radical (unpaired) electrons. The van der Waals surface area contributed by atoms with Gasteiger partial charge in [-0.2, -0.15) is 4.99 Å². The summed E-state index contributed by atoms with van der Waals surface area (Å²) in [7, 11) is 0. The molecule has 0 bridgehead atoms. The average molecular weight is 450 g/mol. The summed E-state index contributed by atoms with van der Waals surface area (Å²) in [5.74, 6) is 0.969. The molecule has 9 heteroatoms. The maximum Gasteiger partial charge on any atom is 0.286 e. The summed E-state index contributed by atoms with van der Waals surface area (Å²) in [4.78, 5) is 32.3. The van der Waals surface area contributed by atoms with E-state index < -0.39 is 0 Å². The minimum absolute atomic E-state index is 0.0675. The van der Waals surface area contributed by atoms with E-state index in [1.807, 2.05) is 17.0 Å². The van der Waals surface area contributed by atoms with Gasteiger partial charge >= 0.3 is 0 Å². The van der Waals surface area contributed by atoms with E-state index in [0.717, 1.165) is 5.56 Å². The number of aliphatic imine (C=N–C) groups is 1. The fourth-order valence-electron chi connectivity index (χ4n) is 3.11. The van der Waals surface area contributed by atoms with Gasteiger partial charge in [0.15, 0.2) is 5.17 Å². The Hall–Kier alpha value is -2.22. The number of carbonyl (C=O) groups is 2. The normalized spacial score (nSPS) is 18.5. The molecule has 0 N–H and O–H groups in total. The second kappa shape index (κ2) is 8.26. The van der Waals surface area contributed by atoms with Crippen molar-refractivity contribution in [1.82, 2.24) is 9.80 Å². The van der Waals surface area contributed by atoms with Crippen molar-refractivity contribution >= 4 is 58.0 Å². The molecular formula is C20H17Cl2N3O3S. The Morgan fingerprint density at radius 1 is 1.14 bits per heavy atom. The van der Waals surface area contributed by atoms with Gasteiger partial charge in [0.2, 0.25) is 5.91 Å². The maximum absolute atomic E-state index is 12.3. The first kappa shape index (κ1) is 20.1. The molecule has 0 unspecified atom stereocenters. The summed E-state index contributed by atoms with van der Waals surface area (Å²) >= 11 is 13.3. The van der Waals surface area contributed by atoms with Crippen LogP contribution in [0.1, 0.15) is 12.7 Å². The zero-order valence-electron chi connectivity index (χ0n) is 15.5. The summed E-state index contributed by atoms with van der Waals surface area (Å²) in [5, 5.41) is 1.59. The number of carbonyl (C=O) groups excluding carboxylic acids is 2. The van der Waals surface area contributed by atoms with Crippen LogP contribution >= 0.6 is 35.0 Å². The van der Waals surface area contributed by atoms with Crippen LogP contribution in [0.15, 0.2) is 44.6 Å². The largest absolute Gasteiger partial charge is 0.457 e. The summed E-state index contributed by atoms with van der Waals surface area (Å²) in [6.45, 7) is 4.15. The second-order valence-corrected chi connectivity index (χ2v) is 8.46. The third-order valence-electron chi connectivity index (χ3n) is 4.71. The van der Waals surface area contributed by atoms with Crippen molar-refractivity contribution in [3.63, 3.8) is 0 Å². The number of thioether (sulfide) groups is 1. The van der Waals surface area contributed by atoms with E-state index >= 15 is 0 Å². The Morgan fingerprint density at radius 2 is 1.90 bits per heavy atom. The molecule has 1 saturated heterocycles. The van der Waals surface area contributed by atoms with E-state index in [-0.39, 0.29) is 11.8 Å². The Labute approximate surface area is 182 Å². The highest BCUT2D eigenvalue weighted by Gasteiger charge is 2.29. The minimum Gasteiger partial charge on any atom is -0.457 e. The summed E-state index contributed by atoms with van der Waals surface area (Å²) in [5.41, 5.74) is 0.801. The maximum atomic E-state index is 12.3. The van der Waals surface area contributed by atoms with Gasteiger partial charge in [0.25, 0.3) is 5.91 Å². The van der Waals surface area contributed by atoms with Crippen molar-refractivity contribution in [3.8, 4) is 11.3 Å². The Balaban J connectivity index is 1.45. The molecule has 4 rings (SSSR count). The minimum atomic E-state index is -0.286. The molecule has 0 spiro atoms. The van der Waals surface area contributed by atoms with E-state index in [1.165, 1.54) is 11.8 Å². The molecular weight excluding hydrogens is 433 g/mol. The Morgan fingerprint density at radius 3 is 2.59 bits per heavy atom. The van der Waals surface area contributed by atoms with E-state index in [2.05, 4.69) is 4.99 Å². The van der Waals surface area contributed by atoms with Crippen molar-refractivity contribution in [3.05, 3.63) is 51.0 Å². The third kappa shape index (κ3) is 4.37. The smallest absolute Gasteiger partial charge is 0.286 e. The van der Waals surface area contributed by atoms with Gasteiger partial charge in [-0.25, -0.2) is 0 Å². The van der Waals surface area contributed by atoms with Crippen molar-refractivity contribution in [2.75, 3.05) is 26.2 Å². The molecule has 0 saturated carbocycles. The van der Waals surface area contributed by atoms with E-state index in [1.54, 1.807) is 36.1 Å². The van der Waals surface area contributed by atoms with Crippen LogP contribution in [0.3, 0.4) is 0 Å². The number of hydrogen-bond acceptors (Lipinski definition) is 5. The van der Waals surface area contributed by atoms with Crippen LogP contribution in [-0.2, 0) is 9.59 Å². The Kier molecular flexibility index (Phi) is 5.72. The predicted octanol–water partition coefficient (Wildman–Crippen LogP) is 4.39. The monoisotopic (exact) mass is 449 g/mol. The van der Waals surface area contributed by atoms with Crippen LogP contribution in [0.2, 0.25) is 10.0 Å². The molecule has 2 aliphatic heterocycles. The lowest BCUT2D eigenvalue weighted by atomic mass is 10.2. The summed E-state index contributed by atoms with van der Waals surface area (Å²) in [6.07, 6.45) is 1.69.